The molecule has 1 aromatic rings. The van der Waals surface area contributed by atoms with Crippen LogP contribution in [0.3, 0.4) is 0 Å². The molecule has 5 heteroatoms. The Morgan fingerprint density at radius 1 is 1.43 bits per heavy atom. The minimum atomic E-state index is 0. The van der Waals surface area contributed by atoms with Crippen molar-refractivity contribution in [2.24, 2.45) is 5.73 Å². The molecule has 1 aliphatic heterocycles. The second-order valence-corrected chi connectivity index (χ2v) is 5.61. The van der Waals surface area contributed by atoms with Crippen molar-refractivity contribution in [3.63, 3.8) is 0 Å². The fraction of sp³-hybridized carbons (Fsp3) is 0.562. The SMILES string of the molecule is COc1ccc(C2CCN(C(=O)CCC(C)N)C2)cc1.Cl. The molecule has 2 rings (SSSR count). The molecule has 0 bridgehead atoms. The lowest BCUT2D eigenvalue weighted by molar-refractivity contribution is -0.130. The number of nitrogens with two attached hydrogens (primary N) is 1. The van der Waals surface area contributed by atoms with E-state index >= 15 is 0 Å². The number of carbonyl (C=O) groups excluding carboxylic acids is 1. The van der Waals surface area contributed by atoms with E-state index in [2.05, 4.69) is 12.1 Å². The Hall–Kier alpha value is -1.26. The zero-order valence-corrected chi connectivity index (χ0v) is 13.6. The molecule has 0 saturated carbocycles. The predicted octanol–water partition coefficient (Wildman–Crippen LogP) is 2.56. The van der Waals surface area contributed by atoms with Crippen molar-refractivity contribution in [2.75, 3.05) is 20.2 Å². The van der Waals surface area contributed by atoms with Gasteiger partial charge in [-0.25, -0.2) is 0 Å². The third-order valence-corrected chi connectivity index (χ3v) is 3.94. The number of rotatable bonds is 5. The van der Waals surface area contributed by atoms with Crippen molar-refractivity contribution in [2.45, 2.75) is 38.1 Å². The van der Waals surface area contributed by atoms with Crippen LogP contribution in [-0.2, 0) is 4.79 Å². The Balaban J connectivity index is 0.00000220. The molecule has 118 valence electrons. The summed E-state index contributed by atoms with van der Waals surface area (Å²) in [5.41, 5.74) is 6.99. The molecular formula is C16H25ClN2O2. The Bertz CT molecular complexity index is 448. The van der Waals surface area contributed by atoms with Gasteiger partial charge in [0.1, 0.15) is 5.75 Å². The van der Waals surface area contributed by atoms with Crippen molar-refractivity contribution in [3.8, 4) is 5.75 Å². The number of benzene rings is 1. The molecule has 0 aromatic heterocycles. The molecule has 0 spiro atoms. The molecule has 2 unspecified atom stereocenters. The van der Waals surface area contributed by atoms with Crippen molar-refractivity contribution >= 4 is 18.3 Å². The van der Waals surface area contributed by atoms with E-state index in [9.17, 15) is 4.79 Å². The van der Waals surface area contributed by atoms with Crippen molar-refractivity contribution < 1.29 is 9.53 Å². The maximum absolute atomic E-state index is 12.1. The quantitative estimate of drug-likeness (QED) is 0.909. The second-order valence-electron chi connectivity index (χ2n) is 5.61. The van der Waals surface area contributed by atoms with Gasteiger partial charge in [-0.15, -0.1) is 12.4 Å². The van der Waals surface area contributed by atoms with Crippen LogP contribution in [0.4, 0.5) is 0 Å². The molecule has 1 saturated heterocycles. The van der Waals surface area contributed by atoms with Crippen LogP contribution in [0.25, 0.3) is 0 Å². The number of amides is 1. The smallest absolute Gasteiger partial charge is 0.222 e. The van der Waals surface area contributed by atoms with E-state index in [1.165, 1.54) is 5.56 Å². The van der Waals surface area contributed by atoms with Gasteiger partial charge in [-0.05, 0) is 37.5 Å². The monoisotopic (exact) mass is 312 g/mol. The Morgan fingerprint density at radius 3 is 2.67 bits per heavy atom. The van der Waals surface area contributed by atoms with Crippen molar-refractivity contribution in [3.05, 3.63) is 29.8 Å². The van der Waals surface area contributed by atoms with Crippen LogP contribution >= 0.6 is 12.4 Å². The molecule has 1 aromatic carbocycles. The van der Waals surface area contributed by atoms with Gasteiger partial charge in [0.25, 0.3) is 0 Å². The van der Waals surface area contributed by atoms with E-state index in [0.29, 0.717) is 12.3 Å². The highest BCUT2D eigenvalue weighted by molar-refractivity contribution is 5.85. The van der Waals surface area contributed by atoms with E-state index in [0.717, 1.165) is 31.7 Å². The van der Waals surface area contributed by atoms with Gasteiger partial charge in [-0.3, -0.25) is 4.79 Å². The van der Waals surface area contributed by atoms with E-state index < -0.39 is 0 Å². The fourth-order valence-corrected chi connectivity index (χ4v) is 2.64. The zero-order chi connectivity index (χ0) is 14.5. The lowest BCUT2D eigenvalue weighted by atomic mass is 9.98. The second kappa shape index (κ2) is 8.25. The van der Waals surface area contributed by atoms with E-state index in [4.69, 9.17) is 10.5 Å². The number of carbonyl (C=O) groups is 1. The Kier molecular flexibility index (Phi) is 6.99. The minimum absolute atomic E-state index is 0. The molecule has 0 radical (unpaired) electrons. The summed E-state index contributed by atoms with van der Waals surface area (Å²) in [5.74, 6) is 1.55. The first-order valence-electron chi connectivity index (χ1n) is 7.27. The summed E-state index contributed by atoms with van der Waals surface area (Å²) in [5, 5.41) is 0. The number of nitrogens with zero attached hydrogens (tertiary/aromatic N) is 1. The first kappa shape index (κ1) is 17.8. The summed E-state index contributed by atoms with van der Waals surface area (Å²) in [6, 6.07) is 8.25. The molecule has 1 fully saturated rings. The molecule has 4 nitrogen and oxygen atoms in total. The Morgan fingerprint density at radius 2 is 2.10 bits per heavy atom. The predicted molar refractivity (Wildman–Crippen MR) is 87.1 cm³/mol. The van der Waals surface area contributed by atoms with Gasteiger partial charge in [0, 0.05) is 31.5 Å². The third kappa shape index (κ3) is 4.90. The normalized spacial score (nSPS) is 19.0. The molecule has 2 N–H and O–H groups in total. The summed E-state index contributed by atoms with van der Waals surface area (Å²) in [7, 11) is 1.67. The highest BCUT2D eigenvalue weighted by atomic mass is 35.5. The lowest BCUT2D eigenvalue weighted by Gasteiger charge is -2.17. The molecule has 0 aliphatic carbocycles. The van der Waals surface area contributed by atoms with Crippen LogP contribution in [-0.4, -0.2) is 37.0 Å². The standard InChI is InChI=1S/C16H24N2O2.ClH/c1-12(17)3-8-16(19)18-10-9-14(11-18)13-4-6-15(20-2)7-5-13;/h4-7,12,14H,3,8-11,17H2,1-2H3;1H. The van der Waals surface area contributed by atoms with E-state index in [-0.39, 0.29) is 24.4 Å². The summed E-state index contributed by atoms with van der Waals surface area (Å²) in [6.07, 6.45) is 2.37. The van der Waals surface area contributed by atoms with Crippen LogP contribution in [0.5, 0.6) is 5.75 Å². The highest BCUT2D eigenvalue weighted by Gasteiger charge is 2.26. The number of hydrogen-bond acceptors (Lipinski definition) is 3. The van der Waals surface area contributed by atoms with Crippen LogP contribution in [0.15, 0.2) is 24.3 Å². The van der Waals surface area contributed by atoms with E-state index in [1.807, 2.05) is 24.0 Å². The molecule has 21 heavy (non-hydrogen) atoms. The highest BCUT2D eigenvalue weighted by Crippen LogP contribution is 2.28. The van der Waals surface area contributed by atoms with Gasteiger partial charge < -0.3 is 15.4 Å². The first-order valence-corrected chi connectivity index (χ1v) is 7.27. The first-order chi connectivity index (χ1) is 9.60. The average molecular weight is 313 g/mol. The van der Waals surface area contributed by atoms with Crippen LogP contribution < -0.4 is 10.5 Å². The third-order valence-electron chi connectivity index (χ3n) is 3.94. The van der Waals surface area contributed by atoms with Gasteiger partial charge >= 0.3 is 0 Å². The summed E-state index contributed by atoms with van der Waals surface area (Å²) in [6.45, 7) is 3.62. The van der Waals surface area contributed by atoms with Gasteiger partial charge in [0.05, 0.1) is 7.11 Å². The summed E-state index contributed by atoms with van der Waals surface area (Å²) >= 11 is 0. The van der Waals surface area contributed by atoms with E-state index in [1.54, 1.807) is 7.11 Å². The minimum Gasteiger partial charge on any atom is -0.497 e. The molecule has 1 amide bonds. The van der Waals surface area contributed by atoms with Crippen LogP contribution in [0.1, 0.15) is 37.7 Å². The maximum atomic E-state index is 12.1. The number of likely N-dealkylation sites (tertiary alicyclic amines) is 1. The Labute approximate surface area is 133 Å². The van der Waals surface area contributed by atoms with Gasteiger partial charge in [-0.2, -0.15) is 0 Å². The van der Waals surface area contributed by atoms with Gasteiger partial charge in [0.15, 0.2) is 0 Å². The average Bonchev–Trinajstić information content (AvgIpc) is 2.94. The van der Waals surface area contributed by atoms with Crippen molar-refractivity contribution in [1.82, 2.24) is 4.90 Å². The lowest BCUT2D eigenvalue weighted by Crippen LogP contribution is -2.29. The molecule has 1 aliphatic rings. The van der Waals surface area contributed by atoms with Gasteiger partial charge in [0.2, 0.25) is 5.91 Å². The zero-order valence-electron chi connectivity index (χ0n) is 12.7. The molecule has 1 heterocycles. The summed E-state index contributed by atoms with van der Waals surface area (Å²) < 4.78 is 5.17. The number of hydrogen-bond donors (Lipinski definition) is 1. The maximum Gasteiger partial charge on any atom is 0.222 e. The molecular weight excluding hydrogens is 288 g/mol. The van der Waals surface area contributed by atoms with Gasteiger partial charge in [-0.1, -0.05) is 12.1 Å². The summed E-state index contributed by atoms with van der Waals surface area (Å²) in [4.78, 5) is 14.0. The number of methoxy groups -OCH3 is 1. The van der Waals surface area contributed by atoms with Crippen molar-refractivity contribution in [1.29, 1.82) is 0 Å². The largest absolute Gasteiger partial charge is 0.497 e. The number of halogens is 1. The number of ether oxygens (including phenoxy) is 1. The molecule has 2 atom stereocenters. The fourth-order valence-electron chi connectivity index (χ4n) is 2.64. The van der Waals surface area contributed by atoms with Crippen LogP contribution in [0.2, 0.25) is 0 Å². The van der Waals surface area contributed by atoms with Crippen LogP contribution in [0, 0.1) is 0 Å². The topological polar surface area (TPSA) is 55.6 Å².